The summed E-state index contributed by atoms with van der Waals surface area (Å²) < 4.78 is 27.9. The molecule has 1 amide bonds. The van der Waals surface area contributed by atoms with Gasteiger partial charge in [-0.05, 0) is 5.56 Å². The molecule has 1 fully saturated rings. The lowest BCUT2D eigenvalue weighted by Gasteiger charge is -2.33. The van der Waals surface area contributed by atoms with Crippen LogP contribution in [-0.2, 0) is 19.4 Å². The maximum Gasteiger partial charge on any atom is 0.223 e. The second-order valence-corrected chi connectivity index (χ2v) is 7.25. The van der Waals surface area contributed by atoms with Crippen LogP contribution in [-0.4, -0.2) is 50.9 Å². The smallest absolute Gasteiger partial charge is 0.223 e. The quantitative estimate of drug-likeness (QED) is 0.832. The Morgan fingerprint density at radius 3 is 2.70 bits per heavy atom. The molecule has 0 spiro atoms. The van der Waals surface area contributed by atoms with Crippen LogP contribution >= 0.6 is 0 Å². The van der Waals surface area contributed by atoms with Gasteiger partial charge >= 0.3 is 0 Å². The van der Waals surface area contributed by atoms with E-state index < -0.39 is 9.84 Å². The Bertz CT molecular complexity index is 556. The number of morpholine rings is 1. The second kappa shape index (κ2) is 6.37. The van der Waals surface area contributed by atoms with Gasteiger partial charge in [-0.1, -0.05) is 30.3 Å². The average molecular weight is 297 g/mol. The van der Waals surface area contributed by atoms with Crippen molar-refractivity contribution < 1.29 is 17.9 Å². The molecular formula is C14H19NO4S. The Morgan fingerprint density at radius 1 is 1.35 bits per heavy atom. The van der Waals surface area contributed by atoms with Gasteiger partial charge in [0.05, 0.1) is 18.9 Å². The number of rotatable bonds is 4. The Morgan fingerprint density at radius 2 is 2.05 bits per heavy atom. The Balaban J connectivity index is 1.95. The van der Waals surface area contributed by atoms with Crippen LogP contribution in [0.25, 0.3) is 0 Å². The molecule has 0 aliphatic carbocycles. The third kappa shape index (κ3) is 4.31. The normalized spacial score (nSPS) is 19.9. The standard InChI is InChI=1S/C14H19NO4S/c1-20(17,18)10-7-14(16)15-8-9-19-13(11-15)12-5-3-2-4-6-12/h2-6,13H,7-11H2,1H3. The first-order valence-corrected chi connectivity index (χ1v) is 8.64. The van der Waals surface area contributed by atoms with Crippen molar-refractivity contribution in [2.75, 3.05) is 31.7 Å². The highest BCUT2D eigenvalue weighted by Gasteiger charge is 2.25. The molecule has 110 valence electrons. The van der Waals surface area contributed by atoms with Crippen LogP contribution in [0.3, 0.4) is 0 Å². The van der Waals surface area contributed by atoms with E-state index >= 15 is 0 Å². The van der Waals surface area contributed by atoms with E-state index in [9.17, 15) is 13.2 Å². The molecule has 0 aromatic heterocycles. The summed E-state index contributed by atoms with van der Waals surface area (Å²) in [5.41, 5.74) is 1.04. The molecule has 0 radical (unpaired) electrons. The number of ether oxygens (including phenoxy) is 1. The van der Waals surface area contributed by atoms with Crippen LogP contribution in [0.15, 0.2) is 30.3 Å². The van der Waals surface area contributed by atoms with E-state index in [1.807, 2.05) is 30.3 Å². The van der Waals surface area contributed by atoms with E-state index in [4.69, 9.17) is 4.74 Å². The predicted octanol–water partition coefficient (Wildman–Crippen LogP) is 1.02. The van der Waals surface area contributed by atoms with E-state index in [0.717, 1.165) is 11.8 Å². The number of sulfone groups is 1. The minimum atomic E-state index is -3.10. The van der Waals surface area contributed by atoms with Gasteiger partial charge in [0.2, 0.25) is 5.91 Å². The van der Waals surface area contributed by atoms with Gasteiger partial charge in [0.15, 0.2) is 0 Å². The SMILES string of the molecule is CS(=O)(=O)CCC(=O)N1CCOC(c2ccccc2)C1. The summed E-state index contributed by atoms with van der Waals surface area (Å²) in [5, 5.41) is 0. The van der Waals surface area contributed by atoms with Crippen molar-refractivity contribution in [2.45, 2.75) is 12.5 Å². The first-order valence-electron chi connectivity index (χ1n) is 6.58. The number of hydrogen-bond acceptors (Lipinski definition) is 4. The van der Waals surface area contributed by atoms with Crippen LogP contribution in [0.4, 0.5) is 0 Å². The average Bonchev–Trinajstić information content (AvgIpc) is 2.45. The first-order chi connectivity index (χ1) is 9.46. The molecule has 1 atom stereocenters. The molecule has 0 bridgehead atoms. The van der Waals surface area contributed by atoms with E-state index in [1.165, 1.54) is 0 Å². The van der Waals surface area contributed by atoms with Crippen LogP contribution in [0.2, 0.25) is 0 Å². The summed E-state index contributed by atoms with van der Waals surface area (Å²) in [6.45, 7) is 1.47. The highest BCUT2D eigenvalue weighted by Crippen LogP contribution is 2.22. The fourth-order valence-corrected chi connectivity index (χ4v) is 2.72. The maximum absolute atomic E-state index is 12.0. The van der Waals surface area contributed by atoms with E-state index in [0.29, 0.717) is 19.7 Å². The van der Waals surface area contributed by atoms with Gasteiger partial charge in [0, 0.05) is 19.2 Å². The van der Waals surface area contributed by atoms with Crippen LogP contribution < -0.4 is 0 Å². The van der Waals surface area contributed by atoms with Gasteiger partial charge in [0.25, 0.3) is 0 Å². The van der Waals surface area contributed by atoms with E-state index in [-0.39, 0.29) is 24.2 Å². The monoisotopic (exact) mass is 297 g/mol. The predicted molar refractivity (Wildman–Crippen MR) is 76.0 cm³/mol. The lowest BCUT2D eigenvalue weighted by Crippen LogP contribution is -2.42. The van der Waals surface area contributed by atoms with Crippen molar-refractivity contribution >= 4 is 15.7 Å². The number of benzene rings is 1. The molecule has 0 N–H and O–H groups in total. The molecule has 1 aromatic rings. The van der Waals surface area contributed by atoms with Crippen LogP contribution in [0.5, 0.6) is 0 Å². The van der Waals surface area contributed by atoms with Crippen molar-refractivity contribution in [3.63, 3.8) is 0 Å². The van der Waals surface area contributed by atoms with Gasteiger partial charge in [-0.15, -0.1) is 0 Å². The van der Waals surface area contributed by atoms with Gasteiger partial charge in [-0.2, -0.15) is 0 Å². The van der Waals surface area contributed by atoms with Gasteiger partial charge in [-0.3, -0.25) is 4.79 Å². The minimum absolute atomic E-state index is 0.0420. The molecule has 6 heteroatoms. The molecule has 0 saturated carbocycles. The Kier molecular flexibility index (Phi) is 4.77. The lowest BCUT2D eigenvalue weighted by molar-refractivity contribution is -0.138. The summed E-state index contributed by atoms with van der Waals surface area (Å²) in [5.74, 6) is -0.223. The van der Waals surface area contributed by atoms with Crippen molar-refractivity contribution in [2.24, 2.45) is 0 Å². The van der Waals surface area contributed by atoms with Crippen molar-refractivity contribution in [1.29, 1.82) is 0 Å². The van der Waals surface area contributed by atoms with Gasteiger partial charge in [0.1, 0.15) is 15.9 Å². The number of hydrogen-bond donors (Lipinski definition) is 0. The zero-order valence-electron chi connectivity index (χ0n) is 11.5. The first kappa shape index (κ1) is 15.0. The van der Waals surface area contributed by atoms with Crippen LogP contribution in [0, 0.1) is 0 Å². The Hall–Kier alpha value is -1.40. The highest BCUT2D eigenvalue weighted by molar-refractivity contribution is 7.90. The van der Waals surface area contributed by atoms with Gasteiger partial charge < -0.3 is 9.64 Å². The molecule has 1 heterocycles. The fraction of sp³-hybridized carbons (Fsp3) is 0.500. The minimum Gasteiger partial charge on any atom is -0.370 e. The van der Waals surface area contributed by atoms with Crippen molar-refractivity contribution in [3.8, 4) is 0 Å². The topological polar surface area (TPSA) is 63.7 Å². The lowest BCUT2D eigenvalue weighted by atomic mass is 10.1. The number of nitrogens with zero attached hydrogens (tertiary/aromatic N) is 1. The molecule has 1 aliphatic heterocycles. The molecule has 1 unspecified atom stereocenters. The molecule has 5 nitrogen and oxygen atoms in total. The number of carbonyl (C=O) groups is 1. The fourth-order valence-electron chi connectivity index (χ4n) is 2.18. The highest BCUT2D eigenvalue weighted by atomic mass is 32.2. The number of carbonyl (C=O) groups excluding carboxylic acids is 1. The van der Waals surface area contributed by atoms with E-state index in [1.54, 1.807) is 4.90 Å². The van der Waals surface area contributed by atoms with Crippen molar-refractivity contribution in [1.82, 2.24) is 4.90 Å². The summed E-state index contributed by atoms with van der Waals surface area (Å²) in [4.78, 5) is 13.7. The van der Waals surface area contributed by atoms with E-state index in [2.05, 4.69) is 0 Å². The summed E-state index contributed by atoms with van der Waals surface area (Å²) in [6, 6.07) is 9.73. The summed E-state index contributed by atoms with van der Waals surface area (Å²) >= 11 is 0. The molecule has 1 saturated heterocycles. The molecule has 1 aliphatic rings. The molecule has 20 heavy (non-hydrogen) atoms. The zero-order valence-corrected chi connectivity index (χ0v) is 12.3. The molecular weight excluding hydrogens is 278 g/mol. The third-order valence-corrected chi connectivity index (χ3v) is 4.22. The second-order valence-electron chi connectivity index (χ2n) is 4.99. The van der Waals surface area contributed by atoms with Gasteiger partial charge in [-0.25, -0.2) is 8.42 Å². The largest absolute Gasteiger partial charge is 0.370 e. The summed E-state index contributed by atoms with van der Waals surface area (Å²) in [6.07, 6.45) is 1.05. The maximum atomic E-state index is 12.0. The molecule has 2 rings (SSSR count). The van der Waals surface area contributed by atoms with Crippen molar-refractivity contribution in [3.05, 3.63) is 35.9 Å². The third-order valence-electron chi connectivity index (χ3n) is 3.28. The Labute approximate surface area is 119 Å². The number of amides is 1. The zero-order chi connectivity index (χ0) is 14.6. The molecule has 1 aromatic carbocycles. The van der Waals surface area contributed by atoms with Crippen LogP contribution in [0.1, 0.15) is 18.1 Å². The summed E-state index contributed by atoms with van der Waals surface area (Å²) in [7, 11) is -3.10.